The number of nitrogens with one attached hydrogen (secondary N) is 1. The third-order valence-corrected chi connectivity index (χ3v) is 3.24. The predicted octanol–water partition coefficient (Wildman–Crippen LogP) is 3.49. The first-order valence-corrected chi connectivity index (χ1v) is 6.51. The zero-order valence-corrected chi connectivity index (χ0v) is 11.7. The molecule has 1 aromatic heterocycles. The predicted molar refractivity (Wildman–Crippen MR) is 81.0 cm³/mol. The molecule has 0 bridgehead atoms. The zero-order chi connectivity index (χ0) is 14.8. The molecule has 0 amide bonds. The number of fused-ring (bicyclic) bond motifs is 1. The van der Waals surface area contributed by atoms with Crippen LogP contribution >= 0.6 is 0 Å². The quantitative estimate of drug-likeness (QED) is 0.799. The van der Waals surface area contributed by atoms with Crippen molar-refractivity contribution in [3.05, 3.63) is 48.3 Å². The summed E-state index contributed by atoms with van der Waals surface area (Å²) >= 11 is 0. The van der Waals surface area contributed by atoms with E-state index in [4.69, 9.17) is 4.74 Å². The average Bonchev–Trinajstić information content (AvgIpc) is 2.53. The van der Waals surface area contributed by atoms with Gasteiger partial charge in [-0.2, -0.15) is 0 Å². The summed E-state index contributed by atoms with van der Waals surface area (Å²) in [5.41, 5.74) is 1.32. The second-order valence-electron chi connectivity index (χ2n) is 4.51. The fourth-order valence-electron chi connectivity index (χ4n) is 2.24. The highest BCUT2D eigenvalue weighted by atomic mass is 19.1. The van der Waals surface area contributed by atoms with Crippen molar-refractivity contribution in [3.8, 4) is 17.1 Å². The minimum atomic E-state index is -0.325. The summed E-state index contributed by atoms with van der Waals surface area (Å²) in [6.45, 7) is 0. The molecule has 3 aromatic rings. The number of nitrogens with zero attached hydrogens (tertiary/aromatic N) is 2. The maximum absolute atomic E-state index is 13.4. The number of hydrogen-bond acceptors (Lipinski definition) is 4. The molecule has 0 saturated carbocycles. The number of hydrogen-bond donors (Lipinski definition) is 1. The van der Waals surface area contributed by atoms with Gasteiger partial charge < -0.3 is 10.1 Å². The Bertz CT molecular complexity index is 805. The third kappa shape index (κ3) is 2.38. The van der Waals surface area contributed by atoms with Crippen LogP contribution in [0.25, 0.3) is 22.3 Å². The Morgan fingerprint density at radius 3 is 2.67 bits per heavy atom. The van der Waals surface area contributed by atoms with E-state index in [0.29, 0.717) is 22.9 Å². The molecule has 2 aromatic carbocycles. The first kappa shape index (κ1) is 13.3. The summed E-state index contributed by atoms with van der Waals surface area (Å²) in [6.07, 6.45) is 0. The van der Waals surface area contributed by atoms with Crippen molar-refractivity contribution in [1.29, 1.82) is 0 Å². The van der Waals surface area contributed by atoms with Crippen LogP contribution in [-0.2, 0) is 0 Å². The van der Waals surface area contributed by atoms with E-state index in [1.54, 1.807) is 20.2 Å². The number of para-hydroxylation sites is 1. The third-order valence-electron chi connectivity index (χ3n) is 3.24. The van der Waals surface area contributed by atoms with Gasteiger partial charge in [0.15, 0.2) is 5.82 Å². The summed E-state index contributed by atoms with van der Waals surface area (Å²) in [5.74, 6) is 1.50. The Morgan fingerprint density at radius 2 is 1.90 bits per heavy atom. The standard InChI is InChI=1S/C16H14FN3O/c1-18-15-11-8-7-10(17)9-13(11)19-16(20-15)12-5-3-4-6-14(12)21-2/h3-9H,1-2H3,(H,18,19,20). The molecule has 21 heavy (non-hydrogen) atoms. The smallest absolute Gasteiger partial charge is 0.165 e. The Kier molecular flexibility index (Phi) is 3.39. The van der Waals surface area contributed by atoms with Gasteiger partial charge in [-0.3, -0.25) is 0 Å². The molecule has 106 valence electrons. The molecule has 0 unspecified atom stereocenters. The zero-order valence-electron chi connectivity index (χ0n) is 11.7. The Balaban J connectivity index is 2.28. The van der Waals surface area contributed by atoms with Crippen molar-refractivity contribution in [1.82, 2.24) is 9.97 Å². The van der Waals surface area contributed by atoms with Crippen LogP contribution in [-0.4, -0.2) is 24.1 Å². The molecule has 0 fully saturated rings. The molecule has 3 rings (SSSR count). The lowest BCUT2D eigenvalue weighted by molar-refractivity contribution is 0.416. The molecule has 0 spiro atoms. The molecule has 0 radical (unpaired) electrons. The van der Waals surface area contributed by atoms with Gasteiger partial charge in [0, 0.05) is 18.5 Å². The highest BCUT2D eigenvalue weighted by Crippen LogP contribution is 2.30. The van der Waals surface area contributed by atoms with E-state index in [0.717, 1.165) is 10.9 Å². The Labute approximate surface area is 121 Å². The molecular weight excluding hydrogens is 269 g/mol. The van der Waals surface area contributed by atoms with Crippen molar-refractivity contribution in [2.75, 3.05) is 19.5 Å². The summed E-state index contributed by atoms with van der Waals surface area (Å²) in [6, 6.07) is 11.9. The van der Waals surface area contributed by atoms with Crippen LogP contribution in [0.3, 0.4) is 0 Å². The van der Waals surface area contributed by atoms with Gasteiger partial charge in [0.1, 0.15) is 17.4 Å². The number of aromatic nitrogens is 2. The molecule has 0 atom stereocenters. The van der Waals surface area contributed by atoms with Gasteiger partial charge in [-0.1, -0.05) is 12.1 Å². The summed E-state index contributed by atoms with van der Waals surface area (Å²) < 4.78 is 18.8. The molecular formula is C16H14FN3O. The van der Waals surface area contributed by atoms with E-state index in [1.807, 2.05) is 24.3 Å². The summed E-state index contributed by atoms with van der Waals surface area (Å²) in [7, 11) is 3.37. The van der Waals surface area contributed by atoms with Crippen molar-refractivity contribution in [2.24, 2.45) is 0 Å². The highest BCUT2D eigenvalue weighted by Gasteiger charge is 2.12. The van der Waals surface area contributed by atoms with Gasteiger partial charge in [-0.25, -0.2) is 14.4 Å². The molecule has 0 aliphatic heterocycles. The normalized spacial score (nSPS) is 10.6. The lowest BCUT2D eigenvalue weighted by Crippen LogP contribution is -2.00. The average molecular weight is 283 g/mol. The Morgan fingerprint density at radius 1 is 1.10 bits per heavy atom. The molecule has 4 nitrogen and oxygen atoms in total. The van der Waals surface area contributed by atoms with Crippen LogP contribution < -0.4 is 10.1 Å². The van der Waals surface area contributed by atoms with Gasteiger partial charge >= 0.3 is 0 Å². The second-order valence-corrected chi connectivity index (χ2v) is 4.51. The number of halogens is 1. The van der Waals surface area contributed by atoms with E-state index in [9.17, 15) is 4.39 Å². The topological polar surface area (TPSA) is 47.0 Å². The first-order valence-electron chi connectivity index (χ1n) is 6.51. The van der Waals surface area contributed by atoms with E-state index < -0.39 is 0 Å². The SMILES string of the molecule is CNc1nc(-c2ccccc2OC)nc2cc(F)ccc12. The fourth-order valence-corrected chi connectivity index (χ4v) is 2.24. The van der Waals surface area contributed by atoms with Crippen LogP contribution in [0.2, 0.25) is 0 Å². The van der Waals surface area contributed by atoms with E-state index in [1.165, 1.54) is 12.1 Å². The van der Waals surface area contributed by atoms with Crippen molar-refractivity contribution < 1.29 is 9.13 Å². The maximum Gasteiger partial charge on any atom is 0.165 e. The molecule has 0 aliphatic rings. The fraction of sp³-hybridized carbons (Fsp3) is 0.125. The second kappa shape index (κ2) is 5.36. The van der Waals surface area contributed by atoms with E-state index >= 15 is 0 Å². The van der Waals surface area contributed by atoms with Gasteiger partial charge in [-0.15, -0.1) is 0 Å². The first-order chi connectivity index (χ1) is 10.2. The van der Waals surface area contributed by atoms with E-state index in [2.05, 4.69) is 15.3 Å². The van der Waals surface area contributed by atoms with Gasteiger partial charge in [0.05, 0.1) is 18.2 Å². The minimum absolute atomic E-state index is 0.325. The largest absolute Gasteiger partial charge is 0.496 e. The van der Waals surface area contributed by atoms with Crippen LogP contribution in [0.5, 0.6) is 5.75 Å². The number of anilines is 1. The van der Waals surface area contributed by atoms with Crippen molar-refractivity contribution >= 4 is 16.7 Å². The van der Waals surface area contributed by atoms with Crippen LogP contribution in [0.4, 0.5) is 10.2 Å². The summed E-state index contributed by atoms with van der Waals surface area (Å²) in [5, 5.41) is 3.80. The van der Waals surface area contributed by atoms with Gasteiger partial charge in [0.2, 0.25) is 0 Å². The van der Waals surface area contributed by atoms with Crippen LogP contribution in [0.1, 0.15) is 0 Å². The van der Waals surface area contributed by atoms with Crippen molar-refractivity contribution in [2.45, 2.75) is 0 Å². The van der Waals surface area contributed by atoms with Gasteiger partial charge in [-0.05, 0) is 24.3 Å². The van der Waals surface area contributed by atoms with Crippen LogP contribution in [0.15, 0.2) is 42.5 Å². The highest BCUT2D eigenvalue weighted by molar-refractivity contribution is 5.90. The number of methoxy groups -OCH3 is 1. The lowest BCUT2D eigenvalue weighted by atomic mass is 10.1. The molecule has 1 N–H and O–H groups in total. The van der Waals surface area contributed by atoms with Crippen LogP contribution in [0, 0.1) is 5.82 Å². The molecule has 0 aliphatic carbocycles. The maximum atomic E-state index is 13.4. The summed E-state index contributed by atoms with van der Waals surface area (Å²) in [4.78, 5) is 8.96. The Hall–Kier alpha value is -2.69. The number of rotatable bonds is 3. The molecule has 5 heteroatoms. The molecule has 0 saturated heterocycles. The minimum Gasteiger partial charge on any atom is -0.496 e. The molecule has 1 heterocycles. The number of benzene rings is 2. The monoisotopic (exact) mass is 283 g/mol. The van der Waals surface area contributed by atoms with E-state index in [-0.39, 0.29) is 5.82 Å². The van der Waals surface area contributed by atoms with Crippen molar-refractivity contribution in [3.63, 3.8) is 0 Å². The number of ether oxygens (including phenoxy) is 1. The van der Waals surface area contributed by atoms with Gasteiger partial charge in [0.25, 0.3) is 0 Å². The lowest BCUT2D eigenvalue weighted by Gasteiger charge is -2.10.